The Morgan fingerprint density at radius 3 is 2.77 bits per heavy atom. The summed E-state index contributed by atoms with van der Waals surface area (Å²) in [5, 5.41) is 13.9. The summed E-state index contributed by atoms with van der Waals surface area (Å²) in [4.78, 5) is 11.1. The van der Waals surface area contributed by atoms with Gasteiger partial charge in [-0.15, -0.1) is 0 Å². The second-order valence-corrected chi connectivity index (χ2v) is 8.49. The van der Waals surface area contributed by atoms with Gasteiger partial charge in [-0.05, 0) is 50.8 Å². The van der Waals surface area contributed by atoms with E-state index in [4.69, 9.17) is 15.2 Å². The van der Waals surface area contributed by atoms with E-state index in [9.17, 15) is 5.26 Å². The molecule has 0 spiro atoms. The van der Waals surface area contributed by atoms with Crippen LogP contribution in [0.5, 0.6) is 11.5 Å². The van der Waals surface area contributed by atoms with E-state index in [0.29, 0.717) is 40.9 Å². The van der Waals surface area contributed by atoms with Gasteiger partial charge in [-0.2, -0.15) is 5.26 Å². The first kappa shape index (κ1) is 23.9. The van der Waals surface area contributed by atoms with Gasteiger partial charge in [0.15, 0.2) is 0 Å². The summed E-state index contributed by atoms with van der Waals surface area (Å²) in [6, 6.07) is 13.5. The number of aromatic nitrogens is 3. The van der Waals surface area contributed by atoms with Crippen LogP contribution in [-0.2, 0) is 7.05 Å². The van der Waals surface area contributed by atoms with Crippen LogP contribution in [0.3, 0.4) is 0 Å². The van der Waals surface area contributed by atoms with Gasteiger partial charge in [-0.3, -0.25) is 0 Å². The van der Waals surface area contributed by atoms with Gasteiger partial charge < -0.3 is 30.0 Å². The van der Waals surface area contributed by atoms with Crippen LogP contribution in [0.1, 0.15) is 12.0 Å². The number of hydrogen-bond acceptors (Lipinski definition) is 8. The zero-order valence-electron chi connectivity index (χ0n) is 20.4. The monoisotopic (exact) mass is 471 g/mol. The van der Waals surface area contributed by atoms with Gasteiger partial charge in [0.2, 0.25) is 5.95 Å². The van der Waals surface area contributed by atoms with Crippen LogP contribution in [0.4, 0.5) is 17.3 Å². The van der Waals surface area contributed by atoms with Crippen LogP contribution < -0.4 is 20.5 Å². The Bertz CT molecular complexity index is 1390. The largest absolute Gasteiger partial charge is 0.495 e. The third-order valence-electron chi connectivity index (χ3n) is 5.61. The highest BCUT2D eigenvalue weighted by molar-refractivity contribution is 5.97. The number of nitriles is 1. The molecule has 3 N–H and O–H groups in total. The SMILES string of the molecule is COc1ccc(N)cc1Nc1ncc(C#N)c(-c2cn(C)c3cc(OCCCN(C)C)ccc23)n1. The molecular weight excluding hydrogens is 442 g/mol. The van der Waals surface area contributed by atoms with E-state index < -0.39 is 0 Å². The van der Waals surface area contributed by atoms with Crippen LogP contribution in [0, 0.1) is 11.3 Å². The predicted octanol–water partition coefficient (Wildman–Crippen LogP) is 4.17. The quantitative estimate of drug-likeness (QED) is 0.276. The number of ether oxygens (including phenoxy) is 2. The first-order chi connectivity index (χ1) is 16.9. The summed E-state index contributed by atoms with van der Waals surface area (Å²) < 4.78 is 13.4. The normalized spacial score (nSPS) is 11.0. The Hall–Kier alpha value is -4.29. The molecule has 35 heavy (non-hydrogen) atoms. The number of anilines is 3. The van der Waals surface area contributed by atoms with Gasteiger partial charge in [-0.1, -0.05) is 0 Å². The number of nitrogens with one attached hydrogen (secondary N) is 1. The van der Waals surface area contributed by atoms with Crippen molar-refractivity contribution in [1.82, 2.24) is 19.4 Å². The number of fused-ring (bicyclic) bond motifs is 1. The zero-order valence-corrected chi connectivity index (χ0v) is 20.4. The number of methoxy groups -OCH3 is 1. The number of nitrogens with zero attached hydrogens (tertiary/aromatic N) is 5. The fourth-order valence-corrected chi connectivity index (χ4v) is 3.89. The molecular formula is C26H29N7O2. The first-order valence-corrected chi connectivity index (χ1v) is 11.2. The van der Waals surface area contributed by atoms with Crippen molar-refractivity contribution in [2.75, 3.05) is 45.4 Å². The minimum atomic E-state index is 0.334. The third kappa shape index (κ3) is 5.28. The molecule has 0 aliphatic carbocycles. The van der Waals surface area contributed by atoms with Gasteiger partial charge in [0.1, 0.15) is 17.6 Å². The van der Waals surface area contributed by atoms with E-state index in [1.165, 1.54) is 6.20 Å². The van der Waals surface area contributed by atoms with Crippen molar-refractivity contribution in [3.8, 4) is 28.8 Å². The summed E-state index contributed by atoms with van der Waals surface area (Å²) in [6.45, 7) is 1.62. The number of nitrogen functional groups attached to an aromatic ring is 1. The first-order valence-electron chi connectivity index (χ1n) is 11.2. The number of hydrogen-bond donors (Lipinski definition) is 2. The van der Waals surface area contributed by atoms with E-state index in [1.807, 2.05) is 50.1 Å². The van der Waals surface area contributed by atoms with Crippen molar-refractivity contribution in [2.24, 2.45) is 7.05 Å². The Morgan fingerprint density at radius 2 is 2.03 bits per heavy atom. The highest BCUT2D eigenvalue weighted by Gasteiger charge is 2.17. The number of benzene rings is 2. The van der Waals surface area contributed by atoms with E-state index in [-0.39, 0.29) is 0 Å². The maximum absolute atomic E-state index is 9.74. The highest BCUT2D eigenvalue weighted by Crippen LogP contribution is 2.34. The molecule has 9 nitrogen and oxygen atoms in total. The molecule has 0 amide bonds. The van der Waals surface area contributed by atoms with Crippen molar-refractivity contribution in [3.05, 3.63) is 54.4 Å². The molecule has 0 aliphatic heterocycles. The topological polar surface area (TPSA) is 114 Å². The summed E-state index contributed by atoms with van der Waals surface area (Å²) >= 11 is 0. The molecule has 0 aliphatic rings. The molecule has 2 aromatic heterocycles. The number of rotatable bonds is 9. The molecule has 9 heteroatoms. The second kappa shape index (κ2) is 10.3. The van der Waals surface area contributed by atoms with E-state index in [1.54, 1.807) is 25.3 Å². The van der Waals surface area contributed by atoms with Crippen molar-refractivity contribution >= 4 is 28.2 Å². The van der Waals surface area contributed by atoms with Gasteiger partial charge >= 0.3 is 0 Å². The van der Waals surface area contributed by atoms with Gasteiger partial charge in [-0.25, -0.2) is 9.97 Å². The predicted molar refractivity (Wildman–Crippen MR) is 138 cm³/mol. The maximum atomic E-state index is 9.74. The highest BCUT2D eigenvalue weighted by atomic mass is 16.5. The summed E-state index contributed by atoms with van der Waals surface area (Å²) in [5.41, 5.74) is 9.90. The fraction of sp³-hybridized carbons (Fsp3) is 0.269. The summed E-state index contributed by atoms with van der Waals surface area (Å²) in [5.74, 6) is 1.75. The Kier molecular flexibility index (Phi) is 7.03. The molecule has 2 heterocycles. The summed E-state index contributed by atoms with van der Waals surface area (Å²) in [7, 11) is 7.64. The minimum Gasteiger partial charge on any atom is -0.495 e. The van der Waals surface area contributed by atoms with Crippen LogP contribution in [0.25, 0.3) is 22.2 Å². The molecule has 0 saturated carbocycles. The van der Waals surface area contributed by atoms with Crippen molar-refractivity contribution < 1.29 is 9.47 Å². The molecule has 0 bridgehead atoms. The van der Waals surface area contributed by atoms with Gasteiger partial charge in [0, 0.05) is 42.5 Å². The lowest BCUT2D eigenvalue weighted by Gasteiger charge is -2.12. The van der Waals surface area contributed by atoms with E-state index in [0.717, 1.165) is 35.2 Å². The van der Waals surface area contributed by atoms with Crippen molar-refractivity contribution in [2.45, 2.75) is 6.42 Å². The molecule has 0 radical (unpaired) electrons. The van der Waals surface area contributed by atoms with Crippen molar-refractivity contribution in [3.63, 3.8) is 0 Å². The maximum Gasteiger partial charge on any atom is 0.227 e. The molecule has 0 saturated heterocycles. The minimum absolute atomic E-state index is 0.334. The Labute approximate surface area is 204 Å². The molecule has 2 aromatic carbocycles. The van der Waals surface area contributed by atoms with Gasteiger partial charge in [0.25, 0.3) is 0 Å². The van der Waals surface area contributed by atoms with Crippen LogP contribution in [0.2, 0.25) is 0 Å². The van der Waals surface area contributed by atoms with Crippen LogP contribution >= 0.6 is 0 Å². The van der Waals surface area contributed by atoms with E-state index >= 15 is 0 Å². The third-order valence-corrected chi connectivity index (χ3v) is 5.61. The average Bonchev–Trinajstić information content (AvgIpc) is 3.17. The fourth-order valence-electron chi connectivity index (χ4n) is 3.89. The molecule has 4 aromatic rings. The molecule has 0 unspecified atom stereocenters. The Morgan fingerprint density at radius 1 is 1.20 bits per heavy atom. The van der Waals surface area contributed by atoms with Crippen LogP contribution in [-0.4, -0.2) is 53.8 Å². The summed E-state index contributed by atoms with van der Waals surface area (Å²) in [6.07, 6.45) is 4.43. The number of aryl methyl sites for hydroxylation is 1. The number of nitrogens with two attached hydrogens (primary N) is 1. The molecule has 180 valence electrons. The standard InChI is InChI=1S/C26H29N7O2/c1-32(2)10-5-11-35-19-7-8-20-21(16-33(3)23(20)13-19)25-17(14-27)15-29-26(31-25)30-22-12-18(28)6-9-24(22)34-4/h6-9,12-13,15-16H,5,10-11,28H2,1-4H3,(H,29,30,31). The lowest BCUT2D eigenvalue weighted by molar-refractivity contribution is 0.282. The van der Waals surface area contributed by atoms with Crippen LogP contribution in [0.15, 0.2) is 48.8 Å². The average molecular weight is 472 g/mol. The van der Waals surface area contributed by atoms with Crippen molar-refractivity contribution in [1.29, 1.82) is 5.26 Å². The lowest BCUT2D eigenvalue weighted by atomic mass is 10.1. The smallest absolute Gasteiger partial charge is 0.227 e. The molecule has 0 fully saturated rings. The molecule has 0 atom stereocenters. The lowest BCUT2D eigenvalue weighted by Crippen LogP contribution is -2.15. The van der Waals surface area contributed by atoms with E-state index in [2.05, 4.69) is 26.3 Å². The van der Waals surface area contributed by atoms with Gasteiger partial charge in [0.05, 0.1) is 42.4 Å². The second-order valence-electron chi connectivity index (χ2n) is 8.49. The Balaban J connectivity index is 1.67. The molecule has 4 rings (SSSR count). The zero-order chi connectivity index (χ0) is 24.9.